The summed E-state index contributed by atoms with van der Waals surface area (Å²) in [4.78, 5) is 23.4. The summed E-state index contributed by atoms with van der Waals surface area (Å²) in [6.07, 6.45) is 0.833. The maximum atomic E-state index is 12.1. The summed E-state index contributed by atoms with van der Waals surface area (Å²) in [7, 11) is 0. The molecule has 1 amide bonds. The first-order valence-corrected chi connectivity index (χ1v) is 7.02. The second-order valence-electron chi connectivity index (χ2n) is 5.15. The van der Waals surface area contributed by atoms with Crippen LogP contribution in [0.1, 0.15) is 18.4 Å². The van der Waals surface area contributed by atoms with E-state index in [-0.39, 0.29) is 18.4 Å². The molecule has 0 bridgehead atoms. The van der Waals surface area contributed by atoms with E-state index in [1.807, 2.05) is 30.3 Å². The van der Waals surface area contributed by atoms with Gasteiger partial charge in [0.1, 0.15) is 12.1 Å². The molecule has 1 saturated heterocycles. The lowest BCUT2D eigenvalue weighted by molar-refractivity contribution is -0.144. The number of amides is 1. The normalized spacial score (nSPS) is 22.7. The van der Waals surface area contributed by atoms with Gasteiger partial charge >= 0.3 is 5.97 Å². The first kappa shape index (κ1) is 15.5. The average molecular weight is 292 g/mol. The monoisotopic (exact) mass is 292 g/mol. The van der Waals surface area contributed by atoms with E-state index in [1.165, 1.54) is 0 Å². The second kappa shape index (κ2) is 7.19. The van der Waals surface area contributed by atoms with Gasteiger partial charge < -0.3 is 20.9 Å². The number of ether oxygens (including phenoxy) is 1. The number of benzene rings is 1. The molecule has 1 aromatic carbocycles. The predicted octanol–water partition coefficient (Wildman–Crippen LogP) is 0.305. The van der Waals surface area contributed by atoms with Crippen LogP contribution < -0.4 is 11.1 Å². The van der Waals surface area contributed by atoms with E-state index in [2.05, 4.69) is 5.32 Å². The number of hydrogen-bond donors (Lipinski definition) is 3. The molecule has 2 unspecified atom stereocenters. The summed E-state index contributed by atoms with van der Waals surface area (Å²) in [6.45, 7) is 0.371. The van der Waals surface area contributed by atoms with Crippen LogP contribution in [0.3, 0.4) is 0 Å². The number of nitrogens with one attached hydrogen (secondary N) is 1. The number of carbonyl (C=O) groups is 2. The highest BCUT2D eigenvalue weighted by molar-refractivity contribution is 5.86. The van der Waals surface area contributed by atoms with Crippen molar-refractivity contribution in [2.45, 2.75) is 37.5 Å². The van der Waals surface area contributed by atoms with Crippen LogP contribution >= 0.6 is 0 Å². The van der Waals surface area contributed by atoms with Gasteiger partial charge in [-0.15, -0.1) is 0 Å². The standard InChI is InChI=1S/C15H20N2O4/c16-9-11-6-7-13(21-11)14(18)17-12(15(19)20)8-10-4-2-1-3-5-10/h1-5,11-13H,6-9,16H2,(H,17,18)(H,19,20)/t11?,12-,13?/m1/s1. The molecule has 0 spiro atoms. The molecule has 6 heteroatoms. The van der Waals surface area contributed by atoms with Gasteiger partial charge in [0.25, 0.3) is 0 Å². The maximum Gasteiger partial charge on any atom is 0.326 e. The number of carboxylic acids is 1. The number of hydrogen-bond acceptors (Lipinski definition) is 4. The molecule has 1 fully saturated rings. The van der Waals surface area contributed by atoms with Gasteiger partial charge in [0.05, 0.1) is 6.10 Å². The fraction of sp³-hybridized carbons (Fsp3) is 0.467. The van der Waals surface area contributed by atoms with Gasteiger partial charge in [-0.25, -0.2) is 4.79 Å². The molecular weight excluding hydrogens is 272 g/mol. The Morgan fingerprint density at radius 1 is 1.33 bits per heavy atom. The van der Waals surface area contributed by atoms with Gasteiger partial charge in [0.2, 0.25) is 5.91 Å². The molecule has 114 valence electrons. The molecule has 21 heavy (non-hydrogen) atoms. The molecule has 6 nitrogen and oxygen atoms in total. The van der Waals surface area contributed by atoms with Crippen LogP contribution in [0.4, 0.5) is 0 Å². The van der Waals surface area contributed by atoms with Crippen molar-refractivity contribution in [3.63, 3.8) is 0 Å². The van der Waals surface area contributed by atoms with Crippen LogP contribution in [0.25, 0.3) is 0 Å². The van der Waals surface area contributed by atoms with Crippen molar-refractivity contribution >= 4 is 11.9 Å². The van der Waals surface area contributed by atoms with Crippen molar-refractivity contribution < 1.29 is 19.4 Å². The van der Waals surface area contributed by atoms with Crippen LogP contribution in [-0.4, -0.2) is 41.8 Å². The Morgan fingerprint density at radius 3 is 2.62 bits per heavy atom. The van der Waals surface area contributed by atoms with Crippen molar-refractivity contribution in [1.29, 1.82) is 0 Å². The summed E-state index contributed by atoms with van der Waals surface area (Å²) in [5, 5.41) is 11.8. The molecule has 0 aromatic heterocycles. The van der Waals surface area contributed by atoms with E-state index >= 15 is 0 Å². The van der Waals surface area contributed by atoms with E-state index in [9.17, 15) is 14.7 Å². The third-order valence-electron chi connectivity index (χ3n) is 3.56. The van der Waals surface area contributed by atoms with E-state index < -0.39 is 18.1 Å². The Hall–Kier alpha value is -1.92. The topological polar surface area (TPSA) is 102 Å². The molecule has 3 atom stereocenters. The third-order valence-corrected chi connectivity index (χ3v) is 3.56. The number of rotatable bonds is 6. The smallest absolute Gasteiger partial charge is 0.326 e. The van der Waals surface area contributed by atoms with E-state index in [0.29, 0.717) is 13.0 Å². The minimum absolute atomic E-state index is 0.113. The Balaban J connectivity index is 1.94. The molecule has 2 rings (SSSR count). The SMILES string of the molecule is NCC1CCC(C(=O)N[C@H](Cc2ccccc2)C(=O)O)O1. The molecule has 0 saturated carbocycles. The Labute approximate surface area is 123 Å². The number of nitrogens with two attached hydrogens (primary N) is 1. The van der Waals surface area contributed by atoms with Gasteiger partial charge in [-0.05, 0) is 18.4 Å². The van der Waals surface area contributed by atoms with Crippen LogP contribution in [-0.2, 0) is 20.7 Å². The van der Waals surface area contributed by atoms with Crippen molar-refractivity contribution in [3.05, 3.63) is 35.9 Å². The fourth-order valence-corrected chi connectivity index (χ4v) is 2.39. The molecule has 4 N–H and O–H groups in total. The van der Waals surface area contributed by atoms with Crippen molar-refractivity contribution in [1.82, 2.24) is 5.32 Å². The lowest BCUT2D eigenvalue weighted by Gasteiger charge is -2.18. The number of carbonyl (C=O) groups excluding carboxylic acids is 1. The summed E-state index contributed by atoms with van der Waals surface area (Å²) < 4.78 is 5.47. The molecule has 1 heterocycles. The fourth-order valence-electron chi connectivity index (χ4n) is 2.39. The van der Waals surface area contributed by atoms with Gasteiger partial charge in [0, 0.05) is 13.0 Å². The lowest BCUT2D eigenvalue weighted by Crippen LogP contribution is -2.46. The highest BCUT2D eigenvalue weighted by Gasteiger charge is 2.32. The molecule has 1 aromatic rings. The summed E-state index contributed by atoms with van der Waals surface area (Å²) in [6, 6.07) is 8.23. The highest BCUT2D eigenvalue weighted by atomic mass is 16.5. The summed E-state index contributed by atoms with van der Waals surface area (Å²) in [5.74, 6) is -1.44. The van der Waals surface area contributed by atoms with Crippen LogP contribution in [0.15, 0.2) is 30.3 Å². The minimum Gasteiger partial charge on any atom is -0.480 e. The van der Waals surface area contributed by atoms with Crippen LogP contribution in [0.5, 0.6) is 0 Å². The molecular formula is C15H20N2O4. The Kier molecular flexibility index (Phi) is 5.30. The highest BCUT2D eigenvalue weighted by Crippen LogP contribution is 2.19. The largest absolute Gasteiger partial charge is 0.480 e. The average Bonchev–Trinajstić information content (AvgIpc) is 2.96. The quantitative estimate of drug-likeness (QED) is 0.700. The Morgan fingerprint density at radius 2 is 2.05 bits per heavy atom. The van der Waals surface area contributed by atoms with Gasteiger partial charge in [-0.3, -0.25) is 4.79 Å². The van der Waals surface area contributed by atoms with E-state index in [0.717, 1.165) is 12.0 Å². The molecule has 0 aliphatic carbocycles. The Bertz CT molecular complexity index is 492. The number of aliphatic carboxylic acids is 1. The molecule has 0 radical (unpaired) electrons. The predicted molar refractivity (Wildman–Crippen MR) is 76.7 cm³/mol. The van der Waals surface area contributed by atoms with Crippen molar-refractivity contribution in [2.24, 2.45) is 5.73 Å². The molecule has 1 aliphatic heterocycles. The maximum absolute atomic E-state index is 12.1. The summed E-state index contributed by atoms with van der Waals surface area (Å²) >= 11 is 0. The van der Waals surface area contributed by atoms with Gasteiger partial charge in [0.15, 0.2) is 0 Å². The first-order valence-electron chi connectivity index (χ1n) is 7.02. The van der Waals surface area contributed by atoms with Gasteiger partial charge in [-0.2, -0.15) is 0 Å². The second-order valence-corrected chi connectivity index (χ2v) is 5.15. The van der Waals surface area contributed by atoms with Crippen molar-refractivity contribution in [2.75, 3.05) is 6.54 Å². The van der Waals surface area contributed by atoms with Crippen molar-refractivity contribution in [3.8, 4) is 0 Å². The first-order chi connectivity index (χ1) is 10.1. The number of carboxylic acid groups (broad SMARTS) is 1. The van der Waals surface area contributed by atoms with E-state index in [1.54, 1.807) is 0 Å². The van der Waals surface area contributed by atoms with Crippen LogP contribution in [0.2, 0.25) is 0 Å². The minimum atomic E-state index is -1.06. The van der Waals surface area contributed by atoms with E-state index in [4.69, 9.17) is 10.5 Å². The van der Waals surface area contributed by atoms with Crippen LogP contribution in [0, 0.1) is 0 Å². The molecule has 1 aliphatic rings. The zero-order chi connectivity index (χ0) is 15.2. The zero-order valence-corrected chi connectivity index (χ0v) is 11.7. The van der Waals surface area contributed by atoms with Gasteiger partial charge in [-0.1, -0.05) is 30.3 Å². The lowest BCUT2D eigenvalue weighted by atomic mass is 10.1. The third kappa shape index (κ3) is 4.27. The summed E-state index contributed by atoms with van der Waals surface area (Å²) in [5.41, 5.74) is 6.36. The zero-order valence-electron chi connectivity index (χ0n) is 11.7.